The summed E-state index contributed by atoms with van der Waals surface area (Å²) in [6.07, 6.45) is -0.561. The summed E-state index contributed by atoms with van der Waals surface area (Å²) in [4.78, 5) is 13.0. The van der Waals surface area contributed by atoms with Gasteiger partial charge in [-0.05, 0) is 20.3 Å². The van der Waals surface area contributed by atoms with Crippen LogP contribution in [0.1, 0.15) is 26.7 Å². The molecule has 0 aliphatic rings. The van der Waals surface area contributed by atoms with Crippen LogP contribution >= 0.6 is 0 Å². The van der Waals surface area contributed by atoms with Crippen molar-refractivity contribution in [3.8, 4) is 0 Å². The van der Waals surface area contributed by atoms with Crippen LogP contribution in [-0.2, 0) is 4.79 Å². The summed E-state index contributed by atoms with van der Waals surface area (Å²) < 4.78 is 0. The van der Waals surface area contributed by atoms with Crippen molar-refractivity contribution >= 4 is 5.91 Å². The molecule has 0 heterocycles. The number of carbonyl (C=O) groups excluding carboxylic acids is 1. The minimum Gasteiger partial charge on any atom is -0.396 e. The minimum atomic E-state index is -0.609. The molecule has 1 amide bonds. The molecule has 2 unspecified atom stereocenters. The lowest BCUT2D eigenvalue weighted by Gasteiger charge is -2.25. The van der Waals surface area contributed by atoms with Crippen LogP contribution in [0.4, 0.5) is 0 Å². The van der Waals surface area contributed by atoms with Crippen molar-refractivity contribution in [2.75, 3.05) is 19.7 Å². The van der Waals surface area contributed by atoms with Crippen molar-refractivity contribution < 1.29 is 20.1 Å². The van der Waals surface area contributed by atoms with Gasteiger partial charge in [0.05, 0.1) is 12.2 Å². The van der Waals surface area contributed by atoms with Gasteiger partial charge in [-0.15, -0.1) is 0 Å². The Morgan fingerprint density at radius 1 is 1.20 bits per heavy atom. The third kappa shape index (κ3) is 7.30. The zero-order valence-corrected chi connectivity index (χ0v) is 9.39. The first-order valence-electron chi connectivity index (χ1n) is 5.22. The summed E-state index contributed by atoms with van der Waals surface area (Å²) in [6, 6.07) is 0. The van der Waals surface area contributed by atoms with E-state index in [0.717, 1.165) is 0 Å². The molecule has 0 saturated heterocycles. The van der Waals surface area contributed by atoms with E-state index in [1.807, 2.05) is 0 Å². The van der Waals surface area contributed by atoms with E-state index in [-0.39, 0.29) is 32.0 Å². The van der Waals surface area contributed by atoms with E-state index >= 15 is 0 Å². The van der Waals surface area contributed by atoms with E-state index in [2.05, 4.69) is 0 Å². The largest absolute Gasteiger partial charge is 0.396 e. The van der Waals surface area contributed by atoms with E-state index in [4.69, 9.17) is 5.11 Å². The monoisotopic (exact) mass is 219 g/mol. The van der Waals surface area contributed by atoms with Crippen LogP contribution in [0.25, 0.3) is 0 Å². The van der Waals surface area contributed by atoms with Crippen LogP contribution in [0, 0.1) is 0 Å². The molecule has 2 atom stereocenters. The van der Waals surface area contributed by atoms with Crippen molar-refractivity contribution in [3.05, 3.63) is 0 Å². The molecular formula is C10H21NO4. The highest BCUT2D eigenvalue weighted by Gasteiger charge is 2.16. The maximum absolute atomic E-state index is 11.6. The molecule has 0 rings (SSSR count). The molecule has 0 aliphatic heterocycles. The quantitative estimate of drug-likeness (QED) is 0.531. The lowest BCUT2D eigenvalue weighted by atomic mass is 10.2. The Balaban J connectivity index is 4.14. The average Bonchev–Trinajstić information content (AvgIpc) is 2.11. The van der Waals surface area contributed by atoms with Gasteiger partial charge in [0.15, 0.2) is 0 Å². The van der Waals surface area contributed by atoms with Crippen LogP contribution < -0.4 is 0 Å². The Bertz CT molecular complexity index is 172. The molecule has 0 saturated carbocycles. The van der Waals surface area contributed by atoms with E-state index in [9.17, 15) is 15.0 Å². The molecular weight excluding hydrogens is 198 g/mol. The number of aliphatic hydroxyl groups is 3. The molecule has 0 spiro atoms. The molecule has 0 aliphatic carbocycles. The van der Waals surface area contributed by atoms with Gasteiger partial charge >= 0.3 is 0 Å². The van der Waals surface area contributed by atoms with E-state index in [0.29, 0.717) is 6.42 Å². The van der Waals surface area contributed by atoms with Crippen LogP contribution in [0.2, 0.25) is 0 Å². The molecule has 0 radical (unpaired) electrons. The van der Waals surface area contributed by atoms with Crippen molar-refractivity contribution in [2.24, 2.45) is 0 Å². The number of rotatable bonds is 7. The van der Waals surface area contributed by atoms with Gasteiger partial charge in [0, 0.05) is 26.1 Å². The van der Waals surface area contributed by atoms with Gasteiger partial charge in [-0.1, -0.05) is 0 Å². The normalized spacial score (nSPS) is 14.7. The van der Waals surface area contributed by atoms with Crippen molar-refractivity contribution in [1.29, 1.82) is 0 Å². The molecule has 0 fully saturated rings. The third-order valence-corrected chi connectivity index (χ3v) is 1.87. The van der Waals surface area contributed by atoms with Crippen molar-refractivity contribution in [2.45, 2.75) is 38.9 Å². The summed E-state index contributed by atoms with van der Waals surface area (Å²) in [5.74, 6) is -0.147. The molecule has 3 N–H and O–H groups in total. The summed E-state index contributed by atoms with van der Waals surface area (Å²) in [7, 11) is 0. The average molecular weight is 219 g/mol. The lowest BCUT2D eigenvalue weighted by molar-refractivity contribution is -0.134. The molecule has 90 valence electrons. The number of carbonyl (C=O) groups is 1. The second-order valence-corrected chi connectivity index (χ2v) is 3.82. The number of hydrogen-bond acceptors (Lipinski definition) is 4. The molecule has 0 aromatic rings. The fourth-order valence-corrected chi connectivity index (χ4v) is 1.30. The first-order chi connectivity index (χ1) is 6.97. The number of hydrogen-bond donors (Lipinski definition) is 3. The molecule has 5 nitrogen and oxygen atoms in total. The first kappa shape index (κ1) is 14.3. The maximum atomic E-state index is 11.6. The predicted octanol–water partition coefficient (Wildman–Crippen LogP) is -0.651. The Kier molecular flexibility index (Phi) is 7.29. The van der Waals surface area contributed by atoms with Crippen LogP contribution in [-0.4, -0.2) is 58.0 Å². The SMILES string of the molecule is CC(O)CN(CC(C)O)C(=O)CCCO. The minimum absolute atomic E-state index is 0.0249. The van der Waals surface area contributed by atoms with Gasteiger partial charge in [0.2, 0.25) is 5.91 Å². The standard InChI is InChI=1S/C10H21NO4/c1-8(13)6-11(7-9(2)14)10(15)4-3-5-12/h8-9,12-14H,3-7H2,1-2H3. The van der Waals surface area contributed by atoms with Crippen LogP contribution in [0.15, 0.2) is 0 Å². The molecule has 15 heavy (non-hydrogen) atoms. The molecule has 0 bridgehead atoms. The smallest absolute Gasteiger partial charge is 0.222 e. The van der Waals surface area contributed by atoms with Gasteiger partial charge in [-0.2, -0.15) is 0 Å². The third-order valence-electron chi connectivity index (χ3n) is 1.87. The number of nitrogens with zero attached hydrogens (tertiary/aromatic N) is 1. The van der Waals surface area contributed by atoms with Crippen LogP contribution in [0.5, 0.6) is 0 Å². The Labute approximate surface area is 90.3 Å². The predicted molar refractivity (Wildman–Crippen MR) is 56.3 cm³/mol. The zero-order chi connectivity index (χ0) is 11.8. The highest BCUT2D eigenvalue weighted by molar-refractivity contribution is 5.76. The van der Waals surface area contributed by atoms with Crippen LogP contribution in [0.3, 0.4) is 0 Å². The summed E-state index contributed by atoms with van der Waals surface area (Å²) >= 11 is 0. The summed E-state index contributed by atoms with van der Waals surface area (Å²) in [5, 5.41) is 27.0. The lowest BCUT2D eigenvalue weighted by Crippen LogP contribution is -2.40. The van der Waals surface area contributed by atoms with Gasteiger partial charge < -0.3 is 20.2 Å². The Morgan fingerprint density at radius 2 is 1.67 bits per heavy atom. The Morgan fingerprint density at radius 3 is 2.00 bits per heavy atom. The molecule has 5 heteroatoms. The fraction of sp³-hybridized carbons (Fsp3) is 0.900. The molecule has 0 aromatic carbocycles. The van der Waals surface area contributed by atoms with Gasteiger partial charge in [-0.25, -0.2) is 0 Å². The highest BCUT2D eigenvalue weighted by atomic mass is 16.3. The van der Waals surface area contributed by atoms with Gasteiger partial charge in [-0.3, -0.25) is 4.79 Å². The Hall–Kier alpha value is -0.650. The van der Waals surface area contributed by atoms with E-state index < -0.39 is 12.2 Å². The molecule has 0 aromatic heterocycles. The second kappa shape index (κ2) is 7.62. The number of aliphatic hydroxyl groups excluding tert-OH is 3. The zero-order valence-electron chi connectivity index (χ0n) is 9.39. The second-order valence-electron chi connectivity index (χ2n) is 3.82. The highest BCUT2D eigenvalue weighted by Crippen LogP contribution is 2.01. The fourth-order valence-electron chi connectivity index (χ4n) is 1.30. The van der Waals surface area contributed by atoms with E-state index in [1.54, 1.807) is 13.8 Å². The van der Waals surface area contributed by atoms with Gasteiger partial charge in [0.1, 0.15) is 0 Å². The number of amides is 1. The maximum Gasteiger partial charge on any atom is 0.222 e. The van der Waals surface area contributed by atoms with E-state index in [1.165, 1.54) is 4.90 Å². The summed E-state index contributed by atoms with van der Waals surface area (Å²) in [5.41, 5.74) is 0. The van der Waals surface area contributed by atoms with Crippen molar-refractivity contribution in [3.63, 3.8) is 0 Å². The summed E-state index contributed by atoms with van der Waals surface area (Å²) in [6.45, 7) is 3.59. The topological polar surface area (TPSA) is 81.0 Å². The van der Waals surface area contributed by atoms with Gasteiger partial charge in [0.25, 0.3) is 0 Å². The van der Waals surface area contributed by atoms with Crippen molar-refractivity contribution in [1.82, 2.24) is 4.90 Å². The first-order valence-corrected chi connectivity index (χ1v) is 5.22.